The fourth-order valence-electron chi connectivity index (χ4n) is 3.99. The first-order valence-electron chi connectivity index (χ1n) is 13.1. The molecule has 3 aromatic rings. The molecule has 2 atom stereocenters. The fourth-order valence-corrected chi connectivity index (χ4v) is 3.99. The molecule has 0 aliphatic carbocycles. The van der Waals surface area contributed by atoms with E-state index in [1.165, 1.54) is 13.8 Å². The lowest BCUT2D eigenvalue weighted by molar-refractivity contribution is -0.141. The lowest BCUT2D eigenvalue weighted by Gasteiger charge is -2.24. The van der Waals surface area contributed by atoms with Gasteiger partial charge in [0.25, 0.3) is 0 Å². The van der Waals surface area contributed by atoms with Gasteiger partial charge in [-0.3, -0.25) is 24.0 Å². The van der Waals surface area contributed by atoms with Gasteiger partial charge in [0.2, 0.25) is 17.5 Å². The molecule has 232 valence electrons. The molecule has 0 radical (unpaired) electrons. The fraction of sp³-hybridized carbons (Fsp3) is 0.233. The van der Waals surface area contributed by atoms with Crippen molar-refractivity contribution in [2.24, 2.45) is 5.92 Å². The minimum Gasteiger partial charge on any atom is -0.481 e. The van der Waals surface area contributed by atoms with Crippen LogP contribution in [0.1, 0.15) is 20.3 Å². The average Bonchev–Trinajstić information content (AvgIpc) is 2.98. The largest absolute Gasteiger partial charge is 0.481 e. The summed E-state index contributed by atoms with van der Waals surface area (Å²) in [6, 6.07) is 12.3. The van der Waals surface area contributed by atoms with Gasteiger partial charge in [0.15, 0.2) is 23.2 Å². The predicted molar refractivity (Wildman–Crippen MR) is 148 cm³/mol. The summed E-state index contributed by atoms with van der Waals surface area (Å²) in [5.74, 6) is -15.9. The third-order valence-electron chi connectivity index (χ3n) is 6.22. The zero-order chi connectivity index (χ0) is 32.6. The van der Waals surface area contributed by atoms with Gasteiger partial charge in [-0.1, -0.05) is 62.4 Å². The van der Waals surface area contributed by atoms with Crippen LogP contribution in [0.25, 0.3) is 11.1 Å². The van der Waals surface area contributed by atoms with Crippen LogP contribution < -0.4 is 20.7 Å². The number of nitrogens with one attached hydrogen (secondary N) is 3. The van der Waals surface area contributed by atoms with Crippen LogP contribution in [0.2, 0.25) is 0 Å². The first kappa shape index (κ1) is 33.2. The lowest BCUT2D eigenvalue weighted by Crippen LogP contribution is -2.56. The van der Waals surface area contributed by atoms with Gasteiger partial charge in [-0.05, 0) is 17.5 Å². The highest BCUT2D eigenvalue weighted by Gasteiger charge is 2.32. The number of carboxylic acid groups (broad SMARTS) is 1. The van der Waals surface area contributed by atoms with E-state index in [1.54, 1.807) is 48.5 Å². The number of hydrogen-bond donors (Lipinski definition) is 4. The van der Waals surface area contributed by atoms with E-state index in [2.05, 4.69) is 20.7 Å². The molecular weight excluding hydrogens is 590 g/mol. The van der Waals surface area contributed by atoms with E-state index in [1.807, 2.05) is 6.07 Å². The van der Waals surface area contributed by atoms with E-state index in [4.69, 9.17) is 0 Å². The molecule has 14 heteroatoms. The van der Waals surface area contributed by atoms with Crippen molar-refractivity contribution in [3.63, 3.8) is 0 Å². The summed E-state index contributed by atoms with van der Waals surface area (Å²) in [6.07, 6.45) is -1.02. The van der Waals surface area contributed by atoms with Gasteiger partial charge >= 0.3 is 17.8 Å². The van der Waals surface area contributed by atoms with Gasteiger partial charge in [0.1, 0.15) is 18.7 Å². The van der Waals surface area contributed by atoms with Crippen LogP contribution in [0, 0.1) is 29.2 Å². The van der Waals surface area contributed by atoms with Crippen molar-refractivity contribution < 1.29 is 51.4 Å². The minimum absolute atomic E-state index is 0.0739. The molecular formula is C30H27F4N3O7. The van der Waals surface area contributed by atoms with Gasteiger partial charge in [0.05, 0.1) is 6.42 Å². The quantitative estimate of drug-likeness (QED) is 0.138. The summed E-state index contributed by atoms with van der Waals surface area (Å²) < 4.78 is 59.3. The van der Waals surface area contributed by atoms with Crippen LogP contribution in [0.5, 0.6) is 5.75 Å². The van der Waals surface area contributed by atoms with Crippen LogP contribution in [-0.2, 0) is 24.0 Å². The van der Waals surface area contributed by atoms with Gasteiger partial charge in [-0.25, -0.2) is 8.78 Å². The van der Waals surface area contributed by atoms with Gasteiger partial charge < -0.3 is 25.8 Å². The number of para-hydroxylation sites is 1. The molecule has 0 aliphatic rings. The number of hydrogen-bond acceptors (Lipinski definition) is 6. The van der Waals surface area contributed by atoms with Crippen molar-refractivity contribution in [3.8, 4) is 16.9 Å². The molecule has 0 spiro atoms. The topological polar surface area (TPSA) is 151 Å². The van der Waals surface area contributed by atoms with Gasteiger partial charge in [-0.2, -0.15) is 8.78 Å². The Kier molecular flexibility index (Phi) is 11.1. The van der Waals surface area contributed by atoms with E-state index in [9.17, 15) is 46.6 Å². The Balaban J connectivity index is 1.71. The number of benzene rings is 3. The summed E-state index contributed by atoms with van der Waals surface area (Å²) in [6.45, 7) is 1.71. The summed E-state index contributed by atoms with van der Waals surface area (Å²) in [4.78, 5) is 62.6. The number of anilines is 1. The van der Waals surface area contributed by atoms with Crippen molar-refractivity contribution in [2.75, 3.05) is 11.9 Å². The number of aliphatic carboxylic acids is 1. The first-order chi connectivity index (χ1) is 20.8. The summed E-state index contributed by atoms with van der Waals surface area (Å²) in [5.41, 5.74) is 1.68. The molecule has 3 amide bonds. The minimum atomic E-state index is -1.93. The molecule has 0 saturated carbocycles. The number of ether oxygens (including phenoxy) is 1. The second kappa shape index (κ2) is 14.8. The van der Waals surface area contributed by atoms with E-state index in [0.29, 0.717) is 11.3 Å². The van der Waals surface area contributed by atoms with Gasteiger partial charge in [-0.15, -0.1) is 0 Å². The molecule has 0 bridgehead atoms. The zero-order valence-electron chi connectivity index (χ0n) is 23.3. The highest BCUT2D eigenvalue weighted by Crippen LogP contribution is 2.28. The molecule has 0 fully saturated rings. The molecule has 44 heavy (non-hydrogen) atoms. The van der Waals surface area contributed by atoms with Crippen LogP contribution in [-0.4, -0.2) is 53.3 Å². The SMILES string of the molecule is CC(C)[C@H](NC(=O)C(=O)Nc1ccccc1-c1ccccc1)C(=O)N[C@@H](CC(=O)O)C(=O)COc1c(F)c(F)cc(F)c1F. The van der Waals surface area contributed by atoms with E-state index < -0.39 is 89.5 Å². The molecule has 3 aromatic carbocycles. The monoisotopic (exact) mass is 617 g/mol. The van der Waals surface area contributed by atoms with E-state index >= 15 is 0 Å². The van der Waals surface area contributed by atoms with E-state index in [-0.39, 0.29) is 6.07 Å². The number of carbonyl (C=O) groups is 5. The van der Waals surface area contributed by atoms with Crippen LogP contribution >= 0.6 is 0 Å². The smallest absolute Gasteiger partial charge is 0.313 e. The molecule has 10 nitrogen and oxygen atoms in total. The Labute approximate surface area is 248 Å². The third kappa shape index (κ3) is 8.40. The maximum Gasteiger partial charge on any atom is 0.313 e. The van der Waals surface area contributed by atoms with Crippen LogP contribution in [0.15, 0.2) is 60.7 Å². The Bertz CT molecular complexity index is 1540. The maximum absolute atomic E-state index is 13.9. The maximum atomic E-state index is 13.9. The first-order valence-corrected chi connectivity index (χ1v) is 13.1. The van der Waals surface area contributed by atoms with Gasteiger partial charge in [0, 0.05) is 17.3 Å². The van der Waals surface area contributed by atoms with Crippen molar-refractivity contribution >= 4 is 35.2 Å². The molecule has 0 unspecified atom stereocenters. The highest BCUT2D eigenvalue weighted by atomic mass is 19.2. The van der Waals surface area contributed by atoms with Crippen molar-refractivity contribution in [3.05, 3.63) is 83.9 Å². The number of rotatable bonds is 12. The van der Waals surface area contributed by atoms with Crippen molar-refractivity contribution in [1.29, 1.82) is 0 Å². The summed E-state index contributed by atoms with van der Waals surface area (Å²) >= 11 is 0. The molecule has 4 N–H and O–H groups in total. The Morgan fingerprint density at radius 1 is 0.818 bits per heavy atom. The predicted octanol–water partition coefficient (Wildman–Crippen LogP) is 3.60. The Morgan fingerprint density at radius 3 is 2.00 bits per heavy atom. The van der Waals surface area contributed by atoms with E-state index in [0.717, 1.165) is 5.56 Å². The Hall–Kier alpha value is -5.27. The highest BCUT2D eigenvalue weighted by molar-refractivity contribution is 6.40. The number of amides is 3. The normalized spacial score (nSPS) is 12.2. The lowest BCUT2D eigenvalue weighted by atomic mass is 10.0. The second-order valence-electron chi connectivity index (χ2n) is 9.77. The number of ketones is 1. The second-order valence-corrected chi connectivity index (χ2v) is 9.77. The Morgan fingerprint density at radius 2 is 1.41 bits per heavy atom. The summed E-state index contributed by atoms with van der Waals surface area (Å²) in [7, 11) is 0. The zero-order valence-corrected chi connectivity index (χ0v) is 23.3. The standard InChI is InChI=1S/C30H27F4N3O7/c1-15(2)26(37-30(43)29(42)35-20-11-7-6-10-17(20)16-8-4-3-5-9-16)28(41)36-21(13-23(39)40)22(38)14-44-27-24(33)18(31)12-19(32)25(27)34/h3-12,15,21,26H,13-14H2,1-2H3,(H,35,42)(H,36,41)(H,37,43)(H,39,40)/t21-,26-/m0/s1. The third-order valence-corrected chi connectivity index (χ3v) is 6.22. The van der Waals surface area contributed by atoms with Crippen LogP contribution in [0.3, 0.4) is 0 Å². The molecule has 0 aliphatic heterocycles. The molecule has 0 saturated heterocycles. The molecule has 0 aromatic heterocycles. The van der Waals surface area contributed by atoms with Crippen molar-refractivity contribution in [2.45, 2.75) is 32.4 Å². The number of halogens is 4. The number of carbonyl (C=O) groups excluding carboxylic acids is 4. The van der Waals surface area contributed by atoms with Crippen molar-refractivity contribution in [1.82, 2.24) is 10.6 Å². The number of Topliss-reactive ketones (excluding diaryl/α,β-unsaturated/α-hetero) is 1. The average molecular weight is 618 g/mol. The molecule has 0 heterocycles. The summed E-state index contributed by atoms with van der Waals surface area (Å²) in [5, 5.41) is 16.1. The molecule has 3 rings (SSSR count). The van der Waals surface area contributed by atoms with Crippen LogP contribution in [0.4, 0.5) is 23.2 Å². The number of carboxylic acids is 1.